The van der Waals surface area contributed by atoms with Crippen molar-refractivity contribution in [3.8, 4) is 11.8 Å². The molecule has 0 fully saturated rings. The highest BCUT2D eigenvalue weighted by atomic mass is 16.5. The topological polar surface area (TPSA) is 42.2 Å². The molecule has 0 aliphatic heterocycles. The van der Waals surface area contributed by atoms with Crippen LogP contribution in [0, 0.1) is 11.3 Å². The first-order valence-corrected chi connectivity index (χ1v) is 6.13. The average molecular weight is 245 g/mol. The van der Waals surface area contributed by atoms with Crippen molar-refractivity contribution in [2.24, 2.45) is 0 Å². The molecule has 0 radical (unpaired) electrons. The van der Waals surface area contributed by atoms with E-state index in [1.165, 1.54) is 5.56 Å². The third-order valence-corrected chi connectivity index (χ3v) is 2.61. The Hall–Kier alpha value is -1.95. The van der Waals surface area contributed by atoms with E-state index in [4.69, 9.17) is 14.7 Å². The van der Waals surface area contributed by atoms with Gasteiger partial charge in [0.1, 0.15) is 5.75 Å². The Labute approximate surface area is 109 Å². The molecule has 0 aliphatic rings. The Balaban J connectivity index is 2.38. The van der Waals surface area contributed by atoms with Crippen LogP contribution in [-0.2, 0) is 11.2 Å². The molecule has 96 valence electrons. The van der Waals surface area contributed by atoms with Gasteiger partial charge in [0.05, 0.1) is 31.6 Å². The molecule has 0 amide bonds. The van der Waals surface area contributed by atoms with Crippen LogP contribution < -0.4 is 4.74 Å². The number of benzene rings is 1. The Bertz CT molecular complexity index is 415. The van der Waals surface area contributed by atoms with Crippen LogP contribution in [-0.4, -0.2) is 13.7 Å². The van der Waals surface area contributed by atoms with Gasteiger partial charge in [-0.05, 0) is 43.9 Å². The van der Waals surface area contributed by atoms with E-state index < -0.39 is 0 Å². The number of ether oxygens (including phenoxy) is 2. The van der Waals surface area contributed by atoms with Gasteiger partial charge in [-0.3, -0.25) is 0 Å². The zero-order chi connectivity index (χ0) is 13.2. The summed E-state index contributed by atoms with van der Waals surface area (Å²) < 4.78 is 10.2. The highest BCUT2D eigenvalue weighted by molar-refractivity contribution is 5.27. The fourth-order valence-corrected chi connectivity index (χ4v) is 1.60. The van der Waals surface area contributed by atoms with Gasteiger partial charge in [-0.25, -0.2) is 0 Å². The summed E-state index contributed by atoms with van der Waals surface area (Å²) in [5.41, 5.74) is 1.95. The normalized spacial score (nSPS) is 10.8. The fraction of sp³-hybridized carbons (Fsp3) is 0.400. The van der Waals surface area contributed by atoms with Crippen molar-refractivity contribution < 1.29 is 9.47 Å². The first-order chi connectivity index (χ1) is 8.80. The van der Waals surface area contributed by atoms with Crippen LogP contribution >= 0.6 is 0 Å². The Morgan fingerprint density at radius 1 is 1.33 bits per heavy atom. The van der Waals surface area contributed by atoms with Crippen LogP contribution in [0.4, 0.5) is 0 Å². The van der Waals surface area contributed by atoms with Gasteiger partial charge in [0.25, 0.3) is 0 Å². The highest BCUT2D eigenvalue weighted by Crippen LogP contribution is 2.14. The van der Waals surface area contributed by atoms with Crippen LogP contribution in [0.2, 0.25) is 0 Å². The summed E-state index contributed by atoms with van der Waals surface area (Å²) in [6.07, 6.45) is 4.21. The number of aryl methyl sites for hydroxylation is 1. The molecule has 0 unspecified atom stereocenters. The second kappa shape index (κ2) is 8.19. The largest absolute Gasteiger partial charge is 0.500 e. The number of allylic oxidation sites excluding steroid dienone is 1. The molecular weight excluding hydrogens is 226 g/mol. The van der Waals surface area contributed by atoms with Gasteiger partial charge in [-0.15, -0.1) is 0 Å². The third kappa shape index (κ3) is 4.92. The highest BCUT2D eigenvalue weighted by Gasteiger charge is 1.99. The maximum absolute atomic E-state index is 8.90. The molecule has 0 N–H and O–H groups in total. The van der Waals surface area contributed by atoms with Crippen molar-refractivity contribution in [3.63, 3.8) is 0 Å². The van der Waals surface area contributed by atoms with Gasteiger partial charge in [-0.2, -0.15) is 5.26 Å². The smallest absolute Gasteiger partial charge is 0.118 e. The van der Waals surface area contributed by atoms with Gasteiger partial charge in [0.2, 0.25) is 0 Å². The van der Waals surface area contributed by atoms with E-state index in [0.29, 0.717) is 12.2 Å². The lowest BCUT2D eigenvalue weighted by Gasteiger charge is -2.03. The molecule has 0 saturated heterocycles. The van der Waals surface area contributed by atoms with Crippen molar-refractivity contribution in [1.29, 1.82) is 5.26 Å². The number of hydrogen-bond acceptors (Lipinski definition) is 3. The molecule has 0 spiro atoms. The third-order valence-electron chi connectivity index (χ3n) is 2.61. The van der Waals surface area contributed by atoms with Gasteiger partial charge >= 0.3 is 0 Å². The van der Waals surface area contributed by atoms with Crippen LogP contribution in [0.1, 0.15) is 25.3 Å². The standard InChI is InChI=1S/C15H19NO2/c1-3-18-12-14(11-16)6-4-5-13-7-9-15(17-2)10-8-13/h7-10,12H,3-6H2,1-2H3/b14-12-. The van der Waals surface area contributed by atoms with Gasteiger partial charge in [0.15, 0.2) is 0 Å². The first kappa shape index (κ1) is 14.1. The summed E-state index contributed by atoms with van der Waals surface area (Å²) >= 11 is 0. The summed E-state index contributed by atoms with van der Waals surface area (Å²) in [5.74, 6) is 0.868. The quantitative estimate of drug-likeness (QED) is 0.545. The molecule has 3 heteroatoms. The molecule has 3 nitrogen and oxygen atoms in total. The Morgan fingerprint density at radius 3 is 2.61 bits per heavy atom. The summed E-state index contributed by atoms with van der Waals surface area (Å²) in [5, 5.41) is 8.90. The summed E-state index contributed by atoms with van der Waals surface area (Å²) in [7, 11) is 1.66. The molecule has 0 atom stereocenters. The molecule has 0 bridgehead atoms. The van der Waals surface area contributed by atoms with Gasteiger partial charge < -0.3 is 9.47 Å². The van der Waals surface area contributed by atoms with E-state index >= 15 is 0 Å². The minimum atomic E-state index is 0.601. The van der Waals surface area contributed by atoms with Crippen molar-refractivity contribution >= 4 is 0 Å². The number of methoxy groups -OCH3 is 1. The van der Waals surface area contributed by atoms with E-state index in [1.54, 1.807) is 13.4 Å². The van der Waals surface area contributed by atoms with Crippen LogP contribution in [0.15, 0.2) is 36.1 Å². The molecule has 0 heterocycles. The summed E-state index contributed by atoms with van der Waals surface area (Å²) in [6, 6.07) is 10.2. The monoisotopic (exact) mass is 245 g/mol. The van der Waals surface area contributed by atoms with Crippen LogP contribution in [0.3, 0.4) is 0 Å². The number of rotatable bonds is 7. The lowest BCUT2D eigenvalue weighted by Crippen LogP contribution is -1.90. The van der Waals surface area contributed by atoms with Crippen molar-refractivity contribution in [2.45, 2.75) is 26.2 Å². The second-order valence-electron chi connectivity index (χ2n) is 3.91. The van der Waals surface area contributed by atoms with E-state index in [1.807, 2.05) is 19.1 Å². The predicted octanol–water partition coefficient (Wildman–Crippen LogP) is 3.46. The lowest BCUT2D eigenvalue weighted by molar-refractivity contribution is 0.266. The zero-order valence-corrected chi connectivity index (χ0v) is 11.0. The second-order valence-corrected chi connectivity index (χ2v) is 3.91. The number of hydrogen-bond donors (Lipinski definition) is 0. The molecule has 1 aromatic carbocycles. The van der Waals surface area contributed by atoms with Crippen LogP contribution in [0.25, 0.3) is 0 Å². The minimum absolute atomic E-state index is 0.601. The average Bonchev–Trinajstić information content (AvgIpc) is 2.43. The Morgan fingerprint density at radius 2 is 2.06 bits per heavy atom. The van der Waals surface area contributed by atoms with E-state index in [2.05, 4.69) is 18.2 Å². The minimum Gasteiger partial charge on any atom is -0.500 e. The maximum atomic E-state index is 8.90. The lowest BCUT2D eigenvalue weighted by atomic mass is 10.1. The SMILES string of the molecule is CCO/C=C(\C#N)CCCc1ccc(OC)cc1. The summed E-state index contributed by atoms with van der Waals surface area (Å²) in [6.45, 7) is 2.51. The number of nitrogens with zero attached hydrogens (tertiary/aromatic N) is 1. The van der Waals surface area contributed by atoms with E-state index in [-0.39, 0.29) is 0 Å². The molecule has 1 rings (SSSR count). The van der Waals surface area contributed by atoms with Gasteiger partial charge in [-0.1, -0.05) is 12.1 Å². The van der Waals surface area contributed by atoms with E-state index in [0.717, 1.165) is 25.0 Å². The first-order valence-electron chi connectivity index (χ1n) is 6.13. The van der Waals surface area contributed by atoms with E-state index in [9.17, 15) is 0 Å². The molecule has 0 aromatic heterocycles. The molecule has 0 saturated carbocycles. The maximum Gasteiger partial charge on any atom is 0.118 e. The molecular formula is C15H19NO2. The molecule has 0 aliphatic carbocycles. The van der Waals surface area contributed by atoms with Crippen molar-refractivity contribution in [3.05, 3.63) is 41.7 Å². The Kier molecular flexibility index (Phi) is 6.42. The zero-order valence-electron chi connectivity index (χ0n) is 11.0. The fourth-order valence-electron chi connectivity index (χ4n) is 1.60. The summed E-state index contributed by atoms with van der Waals surface area (Å²) in [4.78, 5) is 0. The molecule has 1 aromatic rings. The predicted molar refractivity (Wildman–Crippen MR) is 71.3 cm³/mol. The van der Waals surface area contributed by atoms with Crippen molar-refractivity contribution in [2.75, 3.05) is 13.7 Å². The molecule has 18 heavy (non-hydrogen) atoms. The number of nitriles is 1. The van der Waals surface area contributed by atoms with Gasteiger partial charge in [0, 0.05) is 0 Å². The van der Waals surface area contributed by atoms with Crippen LogP contribution in [0.5, 0.6) is 5.75 Å². The van der Waals surface area contributed by atoms with Crippen molar-refractivity contribution in [1.82, 2.24) is 0 Å².